The van der Waals surface area contributed by atoms with Gasteiger partial charge in [-0.15, -0.1) is 0 Å². The number of para-hydroxylation sites is 1. The summed E-state index contributed by atoms with van der Waals surface area (Å²) in [5.74, 6) is -2.86. The van der Waals surface area contributed by atoms with Crippen molar-refractivity contribution in [1.29, 1.82) is 0 Å². The molecule has 3 rings (SSSR count). The maximum absolute atomic E-state index is 13.0. The van der Waals surface area contributed by atoms with Crippen LogP contribution in [0.15, 0.2) is 30.3 Å². The van der Waals surface area contributed by atoms with Gasteiger partial charge in [-0.3, -0.25) is 19.3 Å². The second kappa shape index (κ2) is 7.34. The number of hydrogen-bond acceptors (Lipinski definition) is 6. The average Bonchev–Trinajstić information content (AvgIpc) is 3.08. The molecule has 150 valence electrons. The van der Waals surface area contributed by atoms with Gasteiger partial charge in [0.2, 0.25) is 5.91 Å². The van der Waals surface area contributed by atoms with Gasteiger partial charge in [-0.25, -0.2) is 18.1 Å². The van der Waals surface area contributed by atoms with Crippen molar-refractivity contribution in [2.75, 3.05) is 23.0 Å². The number of hydrogen-bond donors (Lipinski definition) is 0. The smallest absolute Gasteiger partial charge is 0.307 e. The molecule has 1 aromatic rings. The van der Waals surface area contributed by atoms with Gasteiger partial charge in [-0.2, -0.15) is 0 Å². The van der Waals surface area contributed by atoms with E-state index in [0.717, 1.165) is 4.90 Å². The van der Waals surface area contributed by atoms with Crippen LogP contribution in [0.25, 0.3) is 0 Å². The number of carbonyl (C=O) groups is 4. The fraction of sp³-hybridized carbons (Fsp3) is 0.444. The molecule has 0 unspecified atom stereocenters. The van der Waals surface area contributed by atoms with Crippen molar-refractivity contribution < 1.29 is 27.6 Å². The number of urea groups is 1. The molecule has 2 saturated heterocycles. The lowest BCUT2D eigenvalue weighted by Gasteiger charge is -2.29. The molecule has 2 aliphatic heterocycles. The van der Waals surface area contributed by atoms with E-state index in [0.29, 0.717) is 10.6 Å². The van der Waals surface area contributed by atoms with Crippen LogP contribution < -0.4 is 4.90 Å². The highest BCUT2D eigenvalue weighted by Gasteiger charge is 2.47. The molecule has 2 fully saturated rings. The van der Waals surface area contributed by atoms with E-state index in [4.69, 9.17) is 0 Å². The summed E-state index contributed by atoms with van der Waals surface area (Å²) in [5, 5.41) is 0. The van der Waals surface area contributed by atoms with E-state index >= 15 is 0 Å². The molecule has 0 spiro atoms. The first kappa shape index (κ1) is 20.0. The van der Waals surface area contributed by atoms with Crippen LogP contribution in [0.2, 0.25) is 0 Å². The number of carbonyl (C=O) groups excluding carboxylic acids is 4. The molecule has 2 heterocycles. The molecule has 0 aliphatic carbocycles. The van der Waals surface area contributed by atoms with E-state index in [2.05, 4.69) is 0 Å². The summed E-state index contributed by atoms with van der Waals surface area (Å²) in [6.07, 6.45) is 0.266. The summed E-state index contributed by atoms with van der Waals surface area (Å²) in [6.45, 7) is 2.56. The first-order chi connectivity index (χ1) is 13.1. The normalized spacial score (nSPS) is 21.7. The first-order valence-electron chi connectivity index (χ1n) is 8.89. The molecule has 5 amide bonds. The SMILES string of the molecule is CC(C)N1C(=O)C(=O)N(CC(=O)N(c2ccccc2)[C@@H]2CCS(=O)(=O)C2)C1=O. The third kappa shape index (κ3) is 3.64. The Balaban J connectivity index is 1.87. The lowest BCUT2D eigenvalue weighted by Crippen LogP contribution is -2.48. The van der Waals surface area contributed by atoms with Gasteiger partial charge in [0.05, 0.1) is 17.5 Å². The number of nitrogens with zero attached hydrogens (tertiary/aromatic N) is 3. The summed E-state index contributed by atoms with van der Waals surface area (Å²) in [7, 11) is -3.26. The molecule has 1 atom stereocenters. The minimum atomic E-state index is -3.26. The average molecular weight is 407 g/mol. The highest BCUT2D eigenvalue weighted by Crippen LogP contribution is 2.25. The van der Waals surface area contributed by atoms with Gasteiger partial charge in [-0.05, 0) is 32.4 Å². The van der Waals surface area contributed by atoms with Gasteiger partial charge in [-0.1, -0.05) is 18.2 Å². The maximum atomic E-state index is 13.0. The molecular weight excluding hydrogens is 386 g/mol. The minimum Gasteiger partial charge on any atom is -0.307 e. The Morgan fingerprint density at radius 2 is 1.79 bits per heavy atom. The van der Waals surface area contributed by atoms with E-state index in [1.165, 1.54) is 4.90 Å². The first-order valence-corrected chi connectivity index (χ1v) is 10.7. The van der Waals surface area contributed by atoms with Crippen LogP contribution in [-0.4, -0.2) is 72.1 Å². The number of benzene rings is 1. The molecule has 0 radical (unpaired) electrons. The lowest BCUT2D eigenvalue weighted by atomic mass is 10.1. The molecule has 0 N–H and O–H groups in total. The standard InChI is InChI=1S/C18H21N3O6S/c1-12(2)20-17(24)16(23)19(18(20)25)10-15(22)21(13-6-4-3-5-7-13)14-8-9-28(26,27)11-14/h3-7,12,14H,8-11H2,1-2H3/t14-/m1/s1. The van der Waals surface area contributed by atoms with Crippen molar-refractivity contribution in [2.45, 2.75) is 32.4 Å². The third-order valence-corrected chi connectivity index (χ3v) is 6.52. The van der Waals surface area contributed by atoms with E-state index < -0.39 is 52.2 Å². The Hall–Kier alpha value is -2.75. The summed E-state index contributed by atoms with van der Waals surface area (Å²) >= 11 is 0. The zero-order chi connectivity index (χ0) is 20.6. The summed E-state index contributed by atoms with van der Waals surface area (Å²) in [6, 6.07) is 6.52. The van der Waals surface area contributed by atoms with Gasteiger partial charge in [0, 0.05) is 11.7 Å². The Morgan fingerprint density at radius 3 is 2.29 bits per heavy atom. The third-order valence-electron chi connectivity index (χ3n) is 4.77. The van der Waals surface area contributed by atoms with Crippen LogP contribution in [0.1, 0.15) is 20.3 Å². The van der Waals surface area contributed by atoms with Crippen LogP contribution in [0.5, 0.6) is 0 Å². The van der Waals surface area contributed by atoms with Gasteiger partial charge in [0.1, 0.15) is 6.54 Å². The number of rotatable bonds is 5. The predicted molar refractivity (Wildman–Crippen MR) is 100 cm³/mol. The van der Waals surface area contributed by atoms with E-state index in [-0.39, 0.29) is 17.9 Å². The summed E-state index contributed by atoms with van der Waals surface area (Å²) in [4.78, 5) is 52.4. The molecule has 0 aromatic heterocycles. The van der Waals surface area contributed by atoms with Crippen LogP contribution in [0.3, 0.4) is 0 Å². The van der Waals surface area contributed by atoms with Gasteiger partial charge >= 0.3 is 17.8 Å². The minimum absolute atomic E-state index is 0.0323. The molecular formula is C18H21N3O6S. The molecule has 10 heteroatoms. The summed E-state index contributed by atoms with van der Waals surface area (Å²) < 4.78 is 23.8. The highest BCUT2D eigenvalue weighted by molar-refractivity contribution is 7.91. The van der Waals surface area contributed by atoms with Crippen LogP contribution in [0.4, 0.5) is 10.5 Å². The number of anilines is 1. The molecule has 0 bridgehead atoms. The molecule has 28 heavy (non-hydrogen) atoms. The zero-order valence-corrected chi connectivity index (χ0v) is 16.4. The second-order valence-corrected chi connectivity index (χ2v) is 9.33. The van der Waals surface area contributed by atoms with E-state index in [9.17, 15) is 27.6 Å². The molecule has 1 aromatic carbocycles. The number of sulfone groups is 1. The van der Waals surface area contributed by atoms with Crippen molar-refractivity contribution >= 4 is 39.3 Å². The van der Waals surface area contributed by atoms with Crippen molar-refractivity contribution in [3.05, 3.63) is 30.3 Å². The van der Waals surface area contributed by atoms with E-state index in [1.54, 1.807) is 44.2 Å². The van der Waals surface area contributed by atoms with Gasteiger partial charge in [0.25, 0.3) is 0 Å². The topological polar surface area (TPSA) is 112 Å². The summed E-state index contributed by atoms with van der Waals surface area (Å²) in [5.41, 5.74) is 0.473. The molecule has 9 nitrogen and oxygen atoms in total. The van der Waals surface area contributed by atoms with E-state index in [1.807, 2.05) is 0 Å². The largest absolute Gasteiger partial charge is 0.334 e. The van der Waals surface area contributed by atoms with Crippen molar-refractivity contribution in [2.24, 2.45) is 0 Å². The van der Waals surface area contributed by atoms with Crippen LogP contribution in [-0.2, 0) is 24.2 Å². The van der Waals surface area contributed by atoms with Crippen molar-refractivity contribution in [1.82, 2.24) is 9.80 Å². The quantitative estimate of drug-likeness (QED) is 0.516. The second-order valence-electron chi connectivity index (χ2n) is 7.10. The number of amides is 5. The zero-order valence-electron chi connectivity index (χ0n) is 15.6. The Morgan fingerprint density at radius 1 is 1.14 bits per heavy atom. The maximum Gasteiger partial charge on any atom is 0.334 e. The van der Waals surface area contributed by atoms with Gasteiger partial charge in [0.15, 0.2) is 9.84 Å². The molecule has 2 aliphatic rings. The lowest BCUT2D eigenvalue weighted by molar-refractivity contribution is -0.144. The molecule has 0 saturated carbocycles. The Labute approximate surface area is 162 Å². The van der Waals surface area contributed by atoms with Gasteiger partial charge < -0.3 is 4.90 Å². The highest BCUT2D eigenvalue weighted by atomic mass is 32.2. The monoisotopic (exact) mass is 407 g/mol. The Bertz CT molecular complexity index is 928. The van der Waals surface area contributed by atoms with Crippen molar-refractivity contribution in [3.63, 3.8) is 0 Å². The number of imide groups is 2. The fourth-order valence-electron chi connectivity index (χ4n) is 3.45. The fourth-order valence-corrected chi connectivity index (χ4v) is 5.15. The van der Waals surface area contributed by atoms with Crippen LogP contribution >= 0.6 is 0 Å². The van der Waals surface area contributed by atoms with Crippen LogP contribution in [0, 0.1) is 0 Å². The van der Waals surface area contributed by atoms with Crippen molar-refractivity contribution in [3.8, 4) is 0 Å². The predicted octanol–water partition coefficient (Wildman–Crippen LogP) is 0.406. The Kier molecular flexibility index (Phi) is 5.24.